The Kier molecular flexibility index (Phi) is 27.5. The zero-order chi connectivity index (χ0) is 88.8. The Morgan fingerprint density at radius 1 is 0.386 bits per heavy atom. The number of aromatic nitrogens is 20. The molecule has 0 spiro atoms. The summed E-state index contributed by atoms with van der Waals surface area (Å²) in [5.74, 6) is 3.39. The standard InChI is InChI=1S/C21H23N7O3S.C20H22N8O3S.C20H24N8O3S.C19H21N7O4S/c1-32(29,30)26-17-11-15(18-13-28-19(23-18)6-5-7-22-28)10-16(12-17)21-24-20(31-25-21)14-27-8-3-2-4-9-27;1-32(29,30)26-16-10-14(17-12-28-18(23-17)3-2-4-22-28)9-15(11-16)20-24-19(31-25-20)13-27-7-5-21-6-8-27;1-27(2)8-7-21-12-19-24-20(25-31-19)15-9-14(10-16(11-15)26-32(3,29)30)17-13-28-18(23-17)5-4-6-22-28;1-29-7-6-20-11-18-23-19(24-30-18)14-8-13(9-15(10-14)25-31(2,27)28)16-12-26-17(22-16)4-3-5-21-26/h5-7,10-13,26H,2-4,8-9,14H2,1H3;2-4,9-12,21,26H,5-8,13H2,1H3;4-6,9-11,13,21,26H,7-8,12H2,1-3H3;3-5,8-10,12,20,25H,6-7,11H2,1-2H3. The SMILES string of the molecule is CN(C)CCNCc1nc(-c2cc(NS(C)(=O)=O)cc(-c3cn4ncccc4n3)c2)no1.COCCNCc1nc(-c2cc(NS(C)(=O)=O)cc(-c3cn4ncccc4n3)c2)no1.CS(=O)(=O)Nc1cc(-c2cn3ncccc3n2)cc(-c2noc(CN3CCCCC3)n2)c1.CS(=O)(=O)Nc1cc(-c2cn3ncccc3n2)cc(-c2noc(CN3CCNCC3)n2)c1. The number of nitrogens with zero attached hydrogens (tertiary/aromatic N) is 23. The first-order valence-electron chi connectivity index (χ1n) is 39.8. The van der Waals surface area contributed by atoms with Crippen molar-refractivity contribution in [3.05, 3.63) is 194 Å². The molecule has 0 bridgehead atoms. The van der Waals surface area contributed by atoms with Gasteiger partial charge in [0.15, 0.2) is 22.6 Å². The number of likely N-dealkylation sites (N-methyl/N-ethyl adjacent to an activating group) is 1. The lowest BCUT2D eigenvalue weighted by atomic mass is 10.1. The number of hydrogen-bond acceptors (Lipinski definition) is 35. The van der Waals surface area contributed by atoms with Crippen molar-refractivity contribution in [1.29, 1.82) is 0 Å². The monoisotopic (exact) mass is 1810 g/mol. The third-order valence-electron chi connectivity index (χ3n) is 19.1. The van der Waals surface area contributed by atoms with E-state index in [-0.39, 0.29) is 0 Å². The molecule has 0 unspecified atom stereocenters. The number of piperazine rings is 1. The molecule has 127 heavy (non-hydrogen) atoms. The van der Waals surface area contributed by atoms with Gasteiger partial charge in [-0.25, -0.2) is 71.7 Å². The molecule has 0 saturated carbocycles. The van der Waals surface area contributed by atoms with Crippen LogP contribution in [0.5, 0.6) is 0 Å². The molecular weight excluding hydrogens is 1720 g/mol. The summed E-state index contributed by atoms with van der Waals surface area (Å²) in [6, 6.07) is 35.5. The summed E-state index contributed by atoms with van der Waals surface area (Å²) in [4.78, 5) is 42.8. The number of hydrogen-bond donors (Lipinski definition) is 7. The van der Waals surface area contributed by atoms with Gasteiger partial charge in [-0.2, -0.15) is 40.3 Å². The van der Waals surface area contributed by atoms with Gasteiger partial charge in [-0.1, -0.05) is 27.0 Å². The first kappa shape index (κ1) is 88.5. The number of ether oxygens (including phenoxy) is 1. The van der Waals surface area contributed by atoms with Crippen LogP contribution in [0.3, 0.4) is 0 Å². The van der Waals surface area contributed by atoms with Crippen molar-refractivity contribution in [2.24, 2.45) is 0 Å². The molecule has 43 nitrogen and oxygen atoms in total. The fourth-order valence-electron chi connectivity index (χ4n) is 13.6. The van der Waals surface area contributed by atoms with Crippen LogP contribution in [0.15, 0.2) is 189 Å². The van der Waals surface area contributed by atoms with Crippen LogP contribution in [0.2, 0.25) is 0 Å². The lowest BCUT2D eigenvalue weighted by molar-refractivity contribution is 0.193. The van der Waals surface area contributed by atoms with E-state index < -0.39 is 40.1 Å². The minimum atomic E-state index is -3.49. The van der Waals surface area contributed by atoms with Crippen LogP contribution >= 0.6 is 0 Å². The van der Waals surface area contributed by atoms with E-state index in [1.165, 1.54) is 19.3 Å². The Balaban J connectivity index is 0.000000130. The molecule has 47 heteroatoms. The van der Waals surface area contributed by atoms with Gasteiger partial charge >= 0.3 is 0 Å². The highest BCUT2D eigenvalue weighted by Crippen LogP contribution is 2.35. The zero-order valence-corrected chi connectivity index (χ0v) is 73.2. The highest BCUT2D eigenvalue weighted by Gasteiger charge is 2.24. The number of fused-ring (bicyclic) bond motifs is 4. The number of methoxy groups -OCH3 is 1. The fourth-order valence-corrected chi connectivity index (χ4v) is 15.8. The first-order chi connectivity index (χ1) is 61.0. The second-order valence-electron chi connectivity index (χ2n) is 30.1. The highest BCUT2D eigenvalue weighted by molar-refractivity contribution is 7.92. The second-order valence-corrected chi connectivity index (χ2v) is 37.1. The van der Waals surface area contributed by atoms with Crippen molar-refractivity contribution >= 4 is 85.4 Å². The molecule has 14 heterocycles. The minimum absolute atomic E-state index is 0.337. The van der Waals surface area contributed by atoms with Crippen LogP contribution in [0, 0.1) is 0 Å². The minimum Gasteiger partial charge on any atom is -0.383 e. The zero-order valence-electron chi connectivity index (χ0n) is 69.9. The molecule has 18 rings (SSSR count). The van der Waals surface area contributed by atoms with Crippen LogP contribution < -0.4 is 34.8 Å². The molecule has 2 aliphatic heterocycles. The Bertz CT molecular complexity index is 6660. The van der Waals surface area contributed by atoms with E-state index in [1.807, 2.05) is 68.7 Å². The van der Waals surface area contributed by atoms with Crippen molar-refractivity contribution in [3.63, 3.8) is 0 Å². The van der Waals surface area contributed by atoms with E-state index >= 15 is 0 Å². The first-order valence-corrected chi connectivity index (χ1v) is 47.4. The molecule has 12 aromatic heterocycles. The van der Waals surface area contributed by atoms with Crippen molar-refractivity contribution < 1.29 is 56.5 Å². The Labute approximate surface area is 728 Å². The Morgan fingerprint density at radius 3 is 0.992 bits per heavy atom. The second kappa shape index (κ2) is 39.5. The number of anilines is 4. The molecule has 2 saturated heterocycles. The molecule has 16 aromatic rings. The number of nitrogens with one attached hydrogen (secondary N) is 7. The largest absolute Gasteiger partial charge is 0.383 e. The van der Waals surface area contributed by atoms with Crippen LogP contribution in [-0.4, -0.2) is 259 Å². The summed E-state index contributed by atoms with van der Waals surface area (Å²) < 4.78 is 138. The third kappa shape index (κ3) is 24.8. The average molecular weight is 1810 g/mol. The Hall–Kier alpha value is -13.4. The molecule has 0 aliphatic carbocycles. The number of sulfonamides is 4. The normalized spacial score (nSPS) is 13.6. The predicted molar refractivity (Wildman–Crippen MR) is 472 cm³/mol. The van der Waals surface area contributed by atoms with Gasteiger partial charge in [0.2, 0.25) is 87.0 Å². The number of likely N-dealkylation sites (tertiary alicyclic amines) is 1. The quantitative estimate of drug-likeness (QED) is 0.0222. The van der Waals surface area contributed by atoms with Crippen molar-refractivity contribution in [1.82, 2.24) is 130 Å². The van der Waals surface area contributed by atoms with E-state index in [9.17, 15) is 33.7 Å². The van der Waals surface area contributed by atoms with Gasteiger partial charge in [0.1, 0.15) is 0 Å². The van der Waals surface area contributed by atoms with Gasteiger partial charge in [0, 0.05) is 145 Å². The maximum atomic E-state index is 11.9. The van der Waals surface area contributed by atoms with E-state index in [0.717, 1.165) is 77.4 Å². The van der Waals surface area contributed by atoms with Crippen LogP contribution in [0.1, 0.15) is 42.8 Å². The molecule has 0 radical (unpaired) electrons. The van der Waals surface area contributed by atoms with E-state index in [4.69, 9.17) is 22.8 Å². The highest BCUT2D eigenvalue weighted by atomic mass is 32.2. The van der Waals surface area contributed by atoms with Gasteiger partial charge in [-0.15, -0.1) is 0 Å². The van der Waals surface area contributed by atoms with Crippen LogP contribution in [0.25, 0.3) is 113 Å². The molecule has 4 aromatic carbocycles. The van der Waals surface area contributed by atoms with Crippen LogP contribution in [0.4, 0.5) is 22.7 Å². The summed E-state index contributed by atoms with van der Waals surface area (Å²) >= 11 is 0. The summed E-state index contributed by atoms with van der Waals surface area (Å²) in [7, 11) is -8.29. The Morgan fingerprint density at radius 2 is 0.685 bits per heavy atom. The number of imidazole rings is 4. The van der Waals surface area contributed by atoms with Gasteiger partial charge in [0.05, 0.1) is 105 Å². The number of benzene rings is 4. The van der Waals surface area contributed by atoms with Gasteiger partial charge in [-0.05, 0) is 161 Å². The molecule has 0 atom stereocenters. The summed E-state index contributed by atoms with van der Waals surface area (Å²) in [6.45, 7) is 10.6. The van der Waals surface area contributed by atoms with Crippen molar-refractivity contribution in [2.45, 2.75) is 45.4 Å². The van der Waals surface area contributed by atoms with Crippen molar-refractivity contribution in [2.75, 3.05) is 131 Å². The van der Waals surface area contributed by atoms with Gasteiger partial charge < -0.3 is 43.7 Å². The molecular formula is C80H90N30O13S4. The molecule has 2 aliphatic rings. The molecule has 0 amide bonds. The van der Waals surface area contributed by atoms with E-state index in [1.54, 1.807) is 141 Å². The van der Waals surface area contributed by atoms with Crippen molar-refractivity contribution in [3.8, 4) is 90.6 Å². The maximum absolute atomic E-state index is 11.9. The number of piperidine rings is 1. The maximum Gasteiger partial charge on any atom is 0.241 e. The number of rotatable bonds is 30. The summed E-state index contributed by atoms with van der Waals surface area (Å²) in [5, 5.41) is 43.0. The smallest absolute Gasteiger partial charge is 0.241 e. The molecule has 7 N–H and O–H groups in total. The van der Waals surface area contributed by atoms with Gasteiger partial charge in [-0.3, -0.25) is 28.7 Å². The van der Waals surface area contributed by atoms with E-state index in [0.29, 0.717) is 199 Å². The summed E-state index contributed by atoms with van der Waals surface area (Å²) in [5.41, 5.74) is 12.0. The van der Waals surface area contributed by atoms with Crippen LogP contribution in [-0.2, 0) is 71.0 Å². The molecule has 662 valence electrons. The van der Waals surface area contributed by atoms with E-state index in [2.05, 4.69) is 130 Å². The average Bonchev–Trinajstić information content (AvgIpc) is 1.69. The lowest BCUT2D eigenvalue weighted by Gasteiger charge is -2.25. The third-order valence-corrected chi connectivity index (χ3v) is 21.6. The predicted octanol–water partition coefficient (Wildman–Crippen LogP) is 7.05. The fraction of sp³-hybridized carbons (Fsp3) is 0.300. The topological polar surface area (TPSA) is 516 Å². The van der Waals surface area contributed by atoms with Gasteiger partial charge in [0.25, 0.3) is 0 Å². The summed E-state index contributed by atoms with van der Waals surface area (Å²) in [6.07, 6.45) is 21.8. The molecule has 2 fully saturated rings. The lowest BCUT2D eigenvalue weighted by Crippen LogP contribution is -2.42.